The Morgan fingerprint density at radius 3 is 2.08 bits per heavy atom. The van der Waals surface area contributed by atoms with Gasteiger partial charge in [0.15, 0.2) is 0 Å². The SMILES string of the molecule is COC(=O)[C@@H](NCc1ccc(-c2ccccc2)cc1)[C@@H](C)O.Cl.NO. The van der Waals surface area contributed by atoms with Crippen molar-refractivity contribution in [2.45, 2.75) is 25.6 Å². The second kappa shape index (κ2) is 12.4. The number of methoxy groups -OCH3 is 1. The topological polar surface area (TPSA) is 105 Å². The molecule has 0 bridgehead atoms. The lowest BCUT2D eigenvalue weighted by atomic mass is 10.0. The molecular formula is C18H25ClN2O4. The third-order valence-corrected chi connectivity index (χ3v) is 3.52. The van der Waals surface area contributed by atoms with Gasteiger partial charge in [-0.2, -0.15) is 0 Å². The minimum atomic E-state index is -0.809. The van der Waals surface area contributed by atoms with Gasteiger partial charge in [0.1, 0.15) is 6.04 Å². The molecular weight excluding hydrogens is 344 g/mol. The Morgan fingerprint density at radius 1 is 1.08 bits per heavy atom. The lowest BCUT2D eigenvalue weighted by molar-refractivity contribution is -0.145. The summed E-state index contributed by atoms with van der Waals surface area (Å²) in [7, 11) is 1.31. The van der Waals surface area contributed by atoms with E-state index >= 15 is 0 Å². The number of halogens is 1. The van der Waals surface area contributed by atoms with E-state index in [1.54, 1.807) is 6.92 Å². The van der Waals surface area contributed by atoms with Crippen molar-refractivity contribution >= 4 is 18.4 Å². The molecule has 25 heavy (non-hydrogen) atoms. The molecule has 0 unspecified atom stereocenters. The van der Waals surface area contributed by atoms with Crippen LogP contribution in [0.15, 0.2) is 54.6 Å². The van der Waals surface area contributed by atoms with Crippen molar-refractivity contribution in [3.05, 3.63) is 60.2 Å². The summed E-state index contributed by atoms with van der Waals surface area (Å²) in [5.74, 6) is 3.04. The lowest BCUT2D eigenvalue weighted by Crippen LogP contribution is -2.45. The van der Waals surface area contributed by atoms with E-state index in [-0.39, 0.29) is 12.4 Å². The smallest absolute Gasteiger partial charge is 0.325 e. The Kier molecular flexibility index (Phi) is 11.4. The second-order valence-corrected chi connectivity index (χ2v) is 5.19. The number of hydrogen-bond acceptors (Lipinski definition) is 6. The van der Waals surface area contributed by atoms with E-state index in [4.69, 9.17) is 5.21 Å². The molecule has 0 radical (unpaired) electrons. The van der Waals surface area contributed by atoms with Gasteiger partial charge in [0.25, 0.3) is 0 Å². The first-order valence-electron chi connectivity index (χ1n) is 7.51. The molecule has 2 aromatic carbocycles. The van der Waals surface area contributed by atoms with E-state index in [0.717, 1.165) is 11.1 Å². The van der Waals surface area contributed by atoms with Gasteiger partial charge in [0.05, 0.1) is 13.2 Å². The molecule has 6 nitrogen and oxygen atoms in total. The summed E-state index contributed by atoms with van der Waals surface area (Å²) in [6.45, 7) is 2.05. The Bertz CT molecular complexity index is 606. The largest absolute Gasteiger partial charge is 0.468 e. The predicted molar refractivity (Wildman–Crippen MR) is 99.4 cm³/mol. The number of carbonyl (C=O) groups is 1. The van der Waals surface area contributed by atoms with Crippen molar-refractivity contribution in [3.63, 3.8) is 0 Å². The number of ether oxygens (including phenoxy) is 1. The van der Waals surface area contributed by atoms with E-state index in [1.807, 2.05) is 42.5 Å². The molecule has 0 saturated carbocycles. The van der Waals surface area contributed by atoms with Crippen molar-refractivity contribution < 1.29 is 19.8 Å². The highest BCUT2D eigenvalue weighted by Gasteiger charge is 2.23. The first-order valence-corrected chi connectivity index (χ1v) is 7.51. The molecule has 0 aromatic heterocycles. The summed E-state index contributed by atoms with van der Waals surface area (Å²) in [4.78, 5) is 11.6. The van der Waals surface area contributed by atoms with E-state index in [1.165, 1.54) is 12.7 Å². The maximum Gasteiger partial charge on any atom is 0.325 e. The van der Waals surface area contributed by atoms with Crippen LogP contribution in [0.3, 0.4) is 0 Å². The fourth-order valence-electron chi connectivity index (χ4n) is 2.25. The second-order valence-electron chi connectivity index (χ2n) is 5.19. The number of aliphatic hydroxyl groups is 1. The van der Waals surface area contributed by atoms with Gasteiger partial charge in [-0.25, -0.2) is 5.90 Å². The van der Waals surface area contributed by atoms with Crippen LogP contribution in [-0.4, -0.2) is 35.5 Å². The van der Waals surface area contributed by atoms with Gasteiger partial charge in [0.2, 0.25) is 0 Å². The molecule has 0 aliphatic carbocycles. The quantitative estimate of drug-likeness (QED) is 0.460. The average Bonchev–Trinajstić information content (AvgIpc) is 2.64. The fraction of sp³-hybridized carbons (Fsp3) is 0.278. The van der Waals surface area contributed by atoms with Crippen molar-refractivity contribution in [3.8, 4) is 11.1 Å². The van der Waals surface area contributed by atoms with Crippen LogP contribution in [0.25, 0.3) is 11.1 Å². The molecule has 0 heterocycles. The molecule has 5 N–H and O–H groups in total. The third kappa shape index (κ3) is 7.21. The predicted octanol–water partition coefficient (Wildman–Crippen LogP) is 2.12. The normalized spacial score (nSPS) is 12.0. The summed E-state index contributed by atoms with van der Waals surface area (Å²) in [5, 5.41) is 19.1. The number of rotatable bonds is 6. The number of nitrogens with one attached hydrogen (secondary N) is 1. The lowest BCUT2D eigenvalue weighted by Gasteiger charge is -2.19. The molecule has 2 aromatic rings. The van der Waals surface area contributed by atoms with Gasteiger partial charge in [0, 0.05) is 6.54 Å². The van der Waals surface area contributed by atoms with Crippen LogP contribution in [0.4, 0.5) is 0 Å². The van der Waals surface area contributed by atoms with Gasteiger partial charge in [-0.1, -0.05) is 54.6 Å². The monoisotopic (exact) mass is 368 g/mol. The Balaban J connectivity index is 0.00000185. The maximum absolute atomic E-state index is 11.6. The molecule has 0 fully saturated rings. The van der Waals surface area contributed by atoms with E-state index in [2.05, 4.69) is 28.1 Å². The van der Waals surface area contributed by atoms with Gasteiger partial charge in [-0.3, -0.25) is 10.1 Å². The summed E-state index contributed by atoms with van der Waals surface area (Å²) in [5.41, 5.74) is 3.34. The minimum absolute atomic E-state index is 0. The first kappa shape index (κ1) is 23.0. The molecule has 0 aliphatic heterocycles. The highest BCUT2D eigenvalue weighted by atomic mass is 35.5. The van der Waals surface area contributed by atoms with Gasteiger partial charge >= 0.3 is 5.97 Å². The summed E-state index contributed by atoms with van der Waals surface area (Å²) in [6, 6.07) is 17.5. The van der Waals surface area contributed by atoms with Crippen LogP contribution in [0.2, 0.25) is 0 Å². The Morgan fingerprint density at radius 2 is 1.60 bits per heavy atom. The Hall–Kier alpha value is -1.96. The zero-order valence-corrected chi connectivity index (χ0v) is 15.1. The van der Waals surface area contributed by atoms with Crippen molar-refractivity contribution in [2.75, 3.05) is 7.11 Å². The van der Waals surface area contributed by atoms with Crippen LogP contribution in [-0.2, 0) is 16.1 Å². The maximum atomic E-state index is 11.6. The zero-order chi connectivity index (χ0) is 17.9. The number of benzene rings is 2. The highest BCUT2D eigenvalue weighted by molar-refractivity contribution is 5.85. The third-order valence-electron chi connectivity index (χ3n) is 3.52. The average molecular weight is 369 g/mol. The standard InChI is InChI=1S/C18H21NO3.ClH.H3NO/c1-13(20)17(18(21)22-2)19-12-14-8-10-16(11-9-14)15-6-4-3-5-7-15;;1-2/h3-11,13,17,19-20H,12H2,1-2H3;1H;2H,1H2/t13-,17+;;/m1../s1. The molecule has 0 saturated heterocycles. The van der Waals surface area contributed by atoms with Crippen molar-refractivity contribution in [1.29, 1.82) is 0 Å². The van der Waals surface area contributed by atoms with Crippen LogP contribution >= 0.6 is 12.4 Å². The summed E-state index contributed by atoms with van der Waals surface area (Å²) >= 11 is 0. The molecule has 7 heteroatoms. The Labute approximate surface area is 154 Å². The van der Waals surface area contributed by atoms with Gasteiger partial charge in [-0.05, 0) is 23.6 Å². The highest BCUT2D eigenvalue weighted by Crippen LogP contribution is 2.19. The first-order chi connectivity index (χ1) is 11.6. The fourth-order valence-corrected chi connectivity index (χ4v) is 2.25. The zero-order valence-electron chi connectivity index (χ0n) is 14.3. The minimum Gasteiger partial charge on any atom is -0.468 e. The molecule has 2 atom stereocenters. The van der Waals surface area contributed by atoms with Crippen LogP contribution in [0, 0.1) is 0 Å². The van der Waals surface area contributed by atoms with E-state index in [9.17, 15) is 9.90 Å². The number of aliphatic hydroxyl groups excluding tert-OH is 1. The molecule has 0 aliphatic rings. The van der Waals surface area contributed by atoms with Crippen LogP contribution in [0.1, 0.15) is 12.5 Å². The van der Waals surface area contributed by atoms with E-state index in [0.29, 0.717) is 6.54 Å². The molecule has 2 rings (SSSR count). The van der Waals surface area contributed by atoms with Gasteiger partial charge in [-0.15, -0.1) is 12.4 Å². The number of hydrogen-bond donors (Lipinski definition) is 4. The summed E-state index contributed by atoms with van der Waals surface area (Å²) < 4.78 is 4.68. The van der Waals surface area contributed by atoms with Crippen molar-refractivity contribution in [2.24, 2.45) is 5.90 Å². The van der Waals surface area contributed by atoms with E-state index < -0.39 is 18.1 Å². The molecule has 0 amide bonds. The van der Waals surface area contributed by atoms with Crippen LogP contribution in [0.5, 0.6) is 0 Å². The van der Waals surface area contributed by atoms with Gasteiger partial charge < -0.3 is 15.1 Å². The number of carbonyl (C=O) groups excluding carboxylic acids is 1. The number of esters is 1. The molecule has 138 valence electrons. The molecule has 0 spiro atoms. The van der Waals surface area contributed by atoms with Crippen molar-refractivity contribution in [1.82, 2.24) is 5.32 Å². The number of nitrogens with two attached hydrogens (primary N) is 1. The van der Waals surface area contributed by atoms with Crippen LogP contribution < -0.4 is 11.2 Å². The summed E-state index contributed by atoms with van der Waals surface area (Å²) in [6.07, 6.45) is -0.809.